The normalized spacial score (nSPS) is 25.3. The van der Waals surface area contributed by atoms with Gasteiger partial charge in [0.15, 0.2) is 0 Å². The van der Waals surface area contributed by atoms with Crippen LogP contribution in [-0.4, -0.2) is 19.3 Å². The van der Waals surface area contributed by atoms with E-state index >= 15 is 0 Å². The van der Waals surface area contributed by atoms with Crippen LogP contribution in [0.2, 0.25) is 0 Å². The molecule has 3 atom stereocenters. The zero-order chi connectivity index (χ0) is 13.1. The summed E-state index contributed by atoms with van der Waals surface area (Å²) in [7, 11) is 1.83. The number of hydrogen-bond acceptors (Lipinski definition) is 2. The van der Waals surface area contributed by atoms with Crippen LogP contribution in [0, 0.1) is 13.8 Å². The van der Waals surface area contributed by atoms with Crippen molar-refractivity contribution < 1.29 is 4.74 Å². The van der Waals surface area contributed by atoms with Crippen LogP contribution in [0.15, 0.2) is 18.2 Å². The van der Waals surface area contributed by atoms with Gasteiger partial charge in [0, 0.05) is 19.2 Å². The quantitative estimate of drug-likeness (QED) is 0.879. The summed E-state index contributed by atoms with van der Waals surface area (Å²) in [6.45, 7) is 6.60. The second kappa shape index (κ2) is 5.85. The van der Waals surface area contributed by atoms with Crippen molar-refractivity contribution in [2.75, 3.05) is 7.11 Å². The Labute approximate surface area is 111 Å². The van der Waals surface area contributed by atoms with Crippen molar-refractivity contribution in [3.05, 3.63) is 34.9 Å². The van der Waals surface area contributed by atoms with Crippen molar-refractivity contribution in [1.82, 2.24) is 5.32 Å². The van der Waals surface area contributed by atoms with Crippen LogP contribution < -0.4 is 5.32 Å². The smallest absolute Gasteiger partial charge is 0.0724 e. The Morgan fingerprint density at radius 2 is 2.06 bits per heavy atom. The van der Waals surface area contributed by atoms with E-state index in [1.807, 2.05) is 7.11 Å². The van der Waals surface area contributed by atoms with Gasteiger partial charge in [0.25, 0.3) is 0 Å². The van der Waals surface area contributed by atoms with E-state index < -0.39 is 0 Å². The van der Waals surface area contributed by atoms with Crippen LogP contribution in [0.4, 0.5) is 0 Å². The van der Waals surface area contributed by atoms with Gasteiger partial charge in [-0.2, -0.15) is 0 Å². The highest BCUT2D eigenvalue weighted by Gasteiger charge is 2.28. The second-order valence-electron chi connectivity index (χ2n) is 5.56. The van der Waals surface area contributed by atoms with E-state index in [9.17, 15) is 0 Å². The number of rotatable bonds is 4. The molecule has 0 aliphatic heterocycles. The lowest BCUT2D eigenvalue weighted by Gasteiger charge is -2.25. The van der Waals surface area contributed by atoms with E-state index in [-0.39, 0.29) is 0 Å². The fourth-order valence-corrected chi connectivity index (χ4v) is 3.12. The van der Waals surface area contributed by atoms with Crippen molar-refractivity contribution in [3.8, 4) is 0 Å². The van der Waals surface area contributed by atoms with Crippen LogP contribution in [-0.2, 0) is 4.74 Å². The molecule has 1 aromatic carbocycles. The van der Waals surface area contributed by atoms with Gasteiger partial charge in [0.2, 0.25) is 0 Å². The molecule has 0 amide bonds. The standard InChI is InChI=1S/C16H25NO/c1-11-8-9-14(12(2)10-11)13(3)17-15-6-5-7-16(15)18-4/h8-10,13,15-17H,5-7H2,1-4H3. The lowest BCUT2D eigenvalue weighted by atomic mass is 9.99. The van der Waals surface area contributed by atoms with Gasteiger partial charge in [0.05, 0.1) is 6.10 Å². The third-order valence-electron chi connectivity index (χ3n) is 4.11. The monoisotopic (exact) mass is 247 g/mol. The first-order chi connectivity index (χ1) is 8.61. The Balaban J connectivity index is 2.05. The molecular formula is C16H25NO. The fraction of sp³-hybridized carbons (Fsp3) is 0.625. The Hall–Kier alpha value is -0.860. The predicted octanol–water partition coefficient (Wildman–Crippen LogP) is 3.52. The molecule has 1 N–H and O–H groups in total. The Morgan fingerprint density at radius 1 is 1.28 bits per heavy atom. The summed E-state index contributed by atoms with van der Waals surface area (Å²) in [6, 6.07) is 7.61. The lowest BCUT2D eigenvalue weighted by molar-refractivity contribution is 0.0819. The zero-order valence-electron chi connectivity index (χ0n) is 12.0. The summed E-state index contributed by atoms with van der Waals surface area (Å²) in [5, 5.41) is 3.73. The van der Waals surface area contributed by atoms with E-state index in [2.05, 4.69) is 44.3 Å². The van der Waals surface area contributed by atoms with Gasteiger partial charge in [0.1, 0.15) is 0 Å². The molecule has 1 aromatic rings. The van der Waals surface area contributed by atoms with Gasteiger partial charge in [-0.3, -0.25) is 0 Å². The number of methoxy groups -OCH3 is 1. The Morgan fingerprint density at radius 3 is 2.72 bits per heavy atom. The lowest BCUT2D eigenvalue weighted by Crippen LogP contribution is -2.38. The van der Waals surface area contributed by atoms with Crippen LogP contribution >= 0.6 is 0 Å². The molecule has 1 aliphatic rings. The maximum atomic E-state index is 5.55. The first kappa shape index (κ1) is 13.6. The molecule has 1 saturated carbocycles. The summed E-state index contributed by atoms with van der Waals surface area (Å²) >= 11 is 0. The average Bonchev–Trinajstić information content (AvgIpc) is 2.76. The topological polar surface area (TPSA) is 21.3 Å². The first-order valence-corrected chi connectivity index (χ1v) is 6.98. The van der Waals surface area contributed by atoms with Gasteiger partial charge in [-0.15, -0.1) is 0 Å². The van der Waals surface area contributed by atoms with Crippen molar-refractivity contribution in [2.45, 2.75) is 58.2 Å². The van der Waals surface area contributed by atoms with E-state index in [0.29, 0.717) is 18.2 Å². The molecule has 2 heteroatoms. The molecule has 0 radical (unpaired) electrons. The van der Waals surface area contributed by atoms with Crippen molar-refractivity contribution >= 4 is 0 Å². The summed E-state index contributed by atoms with van der Waals surface area (Å²) in [4.78, 5) is 0. The largest absolute Gasteiger partial charge is 0.380 e. The minimum atomic E-state index is 0.387. The second-order valence-corrected chi connectivity index (χ2v) is 5.56. The molecule has 3 unspecified atom stereocenters. The number of hydrogen-bond donors (Lipinski definition) is 1. The highest BCUT2D eigenvalue weighted by molar-refractivity contribution is 5.32. The van der Waals surface area contributed by atoms with Crippen LogP contribution in [0.3, 0.4) is 0 Å². The molecule has 0 bridgehead atoms. The summed E-state index contributed by atoms with van der Waals surface area (Å²) < 4.78 is 5.55. The number of benzene rings is 1. The zero-order valence-corrected chi connectivity index (χ0v) is 12.0. The van der Waals surface area contributed by atoms with E-state index in [1.165, 1.54) is 36.0 Å². The van der Waals surface area contributed by atoms with Gasteiger partial charge >= 0.3 is 0 Å². The van der Waals surface area contributed by atoms with Gasteiger partial charge in [-0.1, -0.05) is 23.8 Å². The fourth-order valence-electron chi connectivity index (χ4n) is 3.12. The van der Waals surface area contributed by atoms with Crippen molar-refractivity contribution in [1.29, 1.82) is 0 Å². The summed E-state index contributed by atoms with van der Waals surface area (Å²) in [5.41, 5.74) is 4.11. The van der Waals surface area contributed by atoms with Crippen molar-refractivity contribution in [2.24, 2.45) is 0 Å². The number of aryl methyl sites for hydroxylation is 2. The molecule has 1 fully saturated rings. The van der Waals surface area contributed by atoms with Gasteiger partial charge in [-0.25, -0.2) is 0 Å². The van der Waals surface area contributed by atoms with E-state index in [0.717, 1.165) is 0 Å². The molecule has 1 aliphatic carbocycles. The van der Waals surface area contributed by atoms with E-state index in [4.69, 9.17) is 4.74 Å². The summed E-state index contributed by atoms with van der Waals surface area (Å²) in [5.74, 6) is 0. The molecule has 2 nitrogen and oxygen atoms in total. The maximum absolute atomic E-state index is 5.55. The Kier molecular flexibility index (Phi) is 4.41. The summed E-state index contributed by atoms with van der Waals surface area (Å²) in [6.07, 6.45) is 4.08. The molecule has 0 heterocycles. The third kappa shape index (κ3) is 2.93. The highest BCUT2D eigenvalue weighted by atomic mass is 16.5. The van der Waals surface area contributed by atoms with Crippen LogP contribution in [0.25, 0.3) is 0 Å². The van der Waals surface area contributed by atoms with Crippen molar-refractivity contribution in [3.63, 3.8) is 0 Å². The predicted molar refractivity (Wildman–Crippen MR) is 75.9 cm³/mol. The van der Waals surface area contributed by atoms with Crippen LogP contribution in [0.1, 0.15) is 48.9 Å². The molecule has 18 heavy (non-hydrogen) atoms. The molecule has 0 spiro atoms. The number of nitrogens with one attached hydrogen (secondary N) is 1. The van der Waals surface area contributed by atoms with E-state index in [1.54, 1.807) is 0 Å². The van der Waals surface area contributed by atoms with Gasteiger partial charge < -0.3 is 10.1 Å². The molecule has 100 valence electrons. The number of ether oxygens (including phenoxy) is 1. The minimum Gasteiger partial charge on any atom is -0.380 e. The minimum absolute atomic E-state index is 0.387. The molecule has 0 aromatic heterocycles. The molecular weight excluding hydrogens is 222 g/mol. The average molecular weight is 247 g/mol. The first-order valence-electron chi connectivity index (χ1n) is 6.98. The third-order valence-corrected chi connectivity index (χ3v) is 4.11. The Bertz CT molecular complexity index is 402. The van der Waals surface area contributed by atoms with Crippen LogP contribution in [0.5, 0.6) is 0 Å². The maximum Gasteiger partial charge on any atom is 0.0724 e. The molecule has 0 saturated heterocycles. The highest BCUT2D eigenvalue weighted by Crippen LogP contribution is 2.26. The SMILES string of the molecule is COC1CCCC1NC(C)c1ccc(C)cc1C. The van der Waals surface area contributed by atoms with Gasteiger partial charge in [-0.05, 0) is 51.2 Å². The molecule has 2 rings (SSSR count).